The van der Waals surface area contributed by atoms with Crippen LogP contribution in [0.1, 0.15) is 37.4 Å². The Kier molecular flexibility index (Phi) is 4.94. The van der Waals surface area contributed by atoms with Crippen LogP contribution in [0.3, 0.4) is 0 Å². The van der Waals surface area contributed by atoms with E-state index in [4.69, 9.17) is 5.73 Å². The van der Waals surface area contributed by atoms with Gasteiger partial charge < -0.3 is 10.6 Å². The maximum absolute atomic E-state index is 12.8. The van der Waals surface area contributed by atoms with E-state index in [1.165, 1.54) is 11.3 Å². The molecule has 0 atom stereocenters. The molecule has 1 aromatic heterocycles. The molecule has 1 amide bonds. The molecular weight excluding hydrogens is 348 g/mol. The molecule has 21 heavy (non-hydrogen) atoms. The molecule has 1 aromatic carbocycles. The van der Waals surface area contributed by atoms with Gasteiger partial charge in [0, 0.05) is 27.1 Å². The maximum atomic E-state index is 12.8. The van der Waals surface area contributed by atoms with E-state index < -0.39 is 0 Å². The summed E-state index contributed by atoms with van der Waals surface area (Å²) in [6.45, 7) is 9.07. The minimum Gasteiger partial charge on any atom is -0.397 e. The average molecular weight is 369 g/mol. The van der Waals surface area contributed by atoms with Crippen molar-refractivity contribution in [2.45, 2.75) is 33.7 Å². The number of thiophene rings is 1. The van der Waals surface area contributed by atoms with Gasteiger partial charge in [-0.15, -0.1) is 11.3 Å². The van der Waals surface area contributed by atoms with Gasteiger partial charge in [0.05, 0.1) is 5.69 Å². The molecule has 0 bridgehead atoms. The number of nitrogens with two attached hydrogens (primary N) is 1. The standard InChI is InChI=1S/C16H21BrN2OS/c1-9(2)8-19(10(3)4)16(20)15-14(18)12-6-5-11(17)7-13(12)21-15/h5-7,9-10H,8,18H2,1-4H3. The quantitative estimate of drug-likeness (QED) is 0.845. The number of nitrogens with zero attached hydrogens (tertiary/aromatic N) is 1. The van der Waals surface area contributed by atoms with Crippen molar-refractivity contribution in [2.75, 3.05) is 12.3 Å². The molecule has 1 heterocycles. The van der Waals surface area contributed by atoms with Gasteiger partial charge in [-0.1, -0.05) is 35.8 Å². The van der Waals surface area contributed by atoms with Crippen LogP contribution in [0.4, 0.5) is 5.69 Å². The number of hydrogen-bond acceptors (Lipinski definition) is 3. The van der Waals surface area contributed by atoms with Crippen molar-refractivity contribution in [1.29, 1.82) is 0 Å². The molecule has 2 aromatic rings. The van der Waals surface area contributed by atoms with Crippen molar-refractivity contribution in [1.82, 2.24) is 4.90 Å². The van der Waals surface area contributed by atoms with Crippen LogP contribution in [0, 0.1) is 5.92 Å². The highest BCUT2D eigenvalue weighted by Gasteiger charge is 2.24. The third kappa shape index (κ3) is 3.40. The zero-order valence-corrected chi connectivity index (χ0v) is 15.2. The number of carbonyl (C=O) groups is 1. The molecule has 5 heteroatoms. The molecule has 3 nitrogen and oxygen atoms in total. The Morgan fingerprint density at radius 3 is 2.57 bits per heavy atom. The highest BCUT2D eigenvalue weighted by molar-refractivity contribution is 9.10. The Bertz CT molecular complexity index is 664. The number of rotatable bonds is 4. The molecule has 0 aliphatic rings. The van der Waals surface area contributed by atoms with Crippen molar-refractivity contribution >= 4 is 48.9 Å². The Balaban J connectivity index is 2.44. The molecule has 0 unspecified atom stereocenters. The van der Waals surface area contributed by atoms with E-state index >= 15 is 0 Å². The summed E-state index contributed by atoms with van der Waals surface area (Å²) in [7, 11) is 0. The zero-order valence-electron chi connectivity index (χ0n) is 12.8. The van der Waals surface area contributed by atoms with E-state index in [1.54, 1.807) is 0 Å². The average Bonchev–Trinajstić information content (AvgIpc) is 2.71. The van der Waals surface area contributed by atoms with Gasteiger partial charge in [-0.3, -0.25) is 4.79 Å². The molecule has 0 saturated heterocycles. The number of amides is 1. The lowest BCUT2D eigenvalue weighted by Gasteiger charge is -2.28. The van der Waals surface area contributed by atoms with E-state index in [1.807, 2.05) is 36.9 Å². The van der Waals surface area contributed by atoms with Gasteiger partial charge in [0.25, 0.3) is 5.91 Å². The number of hydrogen-bond donors (Lipinski definition) is 1. The Morgan fingerprint density at radius 2 is 2.00 bits per heavy atom. The zero-order chi connectivity index (χ0) is 15.7. The highest BCUT2D eigenvalue weighted by atomic mass is 79.9. The molecule has 0 radical (unpaired) electrons. The largest absolute Gasteiger partial charge is 0.397 e. The summed E-state index contributed by atoms with van der Waals surface area (Å²) < 4.78 is 2.04. The summed E-state index contributed by atoms with van der Waals surface area (Å²) in [4.78, 5) is 15.4. The van der Waals surface area contributed by atoms with E-state index in [0.717, 1.165) is 21.1 Å². The van der Waals surface area contributed by atoms with Crippen LogP contribution in [0.25, 0.3) is 10.1 Å². The molecular formula is C16H21BrN2OS. The summed E-state index contributed by atoms with van der Waals surface area (Å²) >= 11 is 4.93. The summed E-state index contributed by atoms with van der Waals surface area (Å²) in [5.74, 6) is 0.467. The lowest BCUT2D eigenvalue weighted by atomic mass is 10.1. The van der Waals surface area contributed by atoms with Crippen LogP contribution >= 0.6 is 27.3 Å². The molecule has 2 N–H and O–H groups in total. The van der Waals surface area contributed by atoms with Gasteiger partial charge >= 0.3 is 0 Å². The van der Waals surface area contributed by atoms with Gasteiger partial charge in [0.2, 0.25) is 0 Å². The third-order valence-electron chi connectivity index (χ3n) is 3.33. The molecule has 0 aliphatic carbocycles. The van der Waals surface area contributed by atoms with E-state index in [-0.39, 0.29) is 11.9 Å². The topological polar surface area (TPSA) is 46.3 Å². The highest BCUT2D eigenvalue weighted by Crippen LogP contribution is 2.36. The summed E-state index contributed by atoms with van der Waals surface area (Å²) in [6, 6.07) is 6.09. The number of carbonyl (C=O) groups excluding carboxylic acids is 1. The minimum absolute atomic E-state index is 0.0357. The smallest absolute Gasteiger partial charge is 0.266 e. The number of anilines is 1. The van der Waals surface area contributed by atoms with Crippen LogP contribution in [-0.4, -0.2) is 23.4 Å². The van der Waals surface area contributed by atoms with Crippen LogP contribution in [0.15, 0.2) is 22.7 Å². The Hall–Kier alpha value is -1.07. The first-order valence-electron chi connectivity index (χ1n) is 7.09. The van der Waals surface area contributed by atoms with Gasteiger partial charge in [-0.25, -0.2) is 0 Å². The fourth-order valence-corrected chi connectivity index (χ4v) is 3.93. The fraction of sp³-hybridized carbons (Fsp3) is 0.438. The second-order valence-electron chi connectivity index (χ2n) is 5.93. The van der Waals surface area contributed by atoms with Gasteiger partial charge in [-0.2, -0.15) is 0 Å². The lowest BCUT2D eigenvalue weighted by Crippen LogP contribution is -2.39. The normalized spacial score (nSPS) is 11.6. The van der Waals surface area contributed by atoms with Gasteiger partial charge in [-0.05, 0) is 31.9 Å². The summed E-state index contributed by atoms with van der Waals surface area (Å²) in [5, 5.41) is 0.958. The second-order valence-corrected chi connectivity index (χ2v) is 7.90. The molecule has 114 valence electrons. The monoisotopic (exact) mass is 368 g/mol. The van der Waals surface area contributed by atoms with Crippen molar-refractivity contribution in [3.05, 3.63) is 27.5 Å². The van der Waals surface area contributed by atoms with Crippen molar-refractivity contribution in [3.63, 3.8) is 0 Å². The number of fused-ring (bicyclic) bond motifs is 1. The third-order valence-corrected chi connectivity index (χ3v) is 4.98. The Morgan fingerprint density at radius 1 is 1.33 bits per heavy atom. The number of benzene rings is 1. The van der Waals surface area contributed by atoms with Crippen LogP contribution in [-0.2, 0) is 0 Å². The molecule has 0 spiro atoms. The lowest BCUT2D eigenvalue weighted by molar-refractivity contribution is 0.0688. The van der Waals surface area contributed by atoms with Crippen molar-refractivity contribution < 1.29 is 4.79 Å². The molecule has 0 aliphatic heterocycles. The number of nitrogen functional groups attached to an aromatic ring is 1. The minimum atomic E-state index is 0.0357. The van der Waals surface area contributed by atoms with E-state index in [9.17, 15) is 4.79 Å². The SMILES string of the molecule is CC(C)CN(C(=O)c1sc2cc(Br)ccc2c1N)C(C)C. The second kappa shape index (κ2) is 6.36. The maximum Gasteiger partial charge on any atom is 0.266 e. The van der Waals surface area contributed by atoms with Gasteiger partial charge in [0.15, 0.2) is 0 Å². The predicted molar refractivity (Wildman–Crippen MR) is 94.9 cm³/mol. The van der Waals surface area contributed by atoms with Gasteiger partial charge in [0.1, 0.15) is 4.88 Å². The Labute approximate surface area is 138 Å². The molecule has 0 saturated carbocycles. The van der Waals surface area contributed by atoms with E-state index in [2.05, 4.69) is 29.8 Å². The van der Waals surface area contributed by atoms with Crippen LogP contribution in [0.5, 0.6) is 0 Å². The summed E-state index contributed by atoms with van der Waals surface area (Å²) in [5.41, 5.74) is 6.81. The van der Waals surface area contributed by atoms with Crippen molar-refractivity contribution in [2.24, 2.45) is 5.92 Å². The number of halogens is 1. The first-order valence-corrected chi connectivity index (χ1v) is 8.70. The first-order chi connectivity index (χ1) is 9.81. The van der Waals surface area contributed by atoms with Crippen LogP contribution in [0.2, 0.25) is 0 Å². The van der Waals surface area contributed by atoms with E-state index in [0.29, 0.717) is 16.5 Å². The van der Waals surface area contributed by atoms with Crippen LogP contribution < -0.4 is 5.73 Å². The first kappa shape index (κ1) is 16.3. The predicted octanol–water partition coefficient (Wildman–Crippen LogP) is 4.75. The molecule has 2 rings (SSSR count). The summed E-state index contributed by atoms with van der Waals surface area (Å²) in [6.07, 6.45) is 0. The van der Waals surface area contributed by atoms with Crippen molar-refractivity contribution in [3.8, 4) is 0 Å². The fourth-order valence-electron chi connectivity index (χ4n) is 2.30. The molecule has 0 fully saturated rings.